The molecule has 1 aliphatic rings. The van der Waals surface area contributed by atoms with Crippen molar-refractivity contribution in [3.8, 4) is 5.75 Å². The second kappa shape index (κ2) is 6.80. The van der Waals surface area contributed by atoms with Crippen molar-refractivity contribution in [1.82, 2.24) is 24.5 Å². The minimum Gasteiger partial charge on any atom is -0.482 e. The average Bonchev–Trinajstić information content (AvgIpc) is 3.35. The highest BCUT2D eigenvalue weighted by Crippen LogP contribution is 2.18. The Morgan fingerprint density at radius 1 is 1.46 bits per heavy atom. The molecule has 0 spiro atoms. The van der Waals surface area contributed by atoms with Crippen molar-refractivity contribution in [2.24, 2.45) is 0 Å². The Balaban J connectivity index is 1.48. The third-order valence-corrected chi connectivity index (χ3v) is 4.48. The number of aromatic nitrogens is 4. The molecule has 3 aromatic heterocycles. The zero-order chi connectivity index (χ0) is 18.1. The number of pyridine rings is 1. The van der Waals surface area contributed by atoms with Crippen molar-refractivity contribution in [2.45, 2.75) is 32.5 Å². The first-order valence-corrected chi connectivity index (χ1v) is 8.65. The molecular formula is C18H21N5O3. The number of imidazole rings is 1. The van der Waals surface area contributed by atoms with E-state index in [-0.39, 0.29) is 18.1 Å². The Kier molecular flexibility index (Phi) is 4.34. The maximum atomic E-state index is 12.7. The molecule has 4 heterocycles. The lowest BCUT2D eigenvalue weighted by Crippen LogP contribution is -2.45. The number of nitrogens with one attached hydrogen (secondary N) is 1. The van der Waals surface area contributed by atoms with Crippen LogP contribution in [0.3, 0.4) is 0 Å². The van der Waals surface area contributed by atoms with Crippen LogP contribution in [0.25, 0.3) is 5.52 Å². The maximum absolute atomic E-state index is 12.7. The molecule has 1 aliphatic heterocycles. The summed E-state index contributed by atoms with van der Waals surface area (Å²) in [6, 6.07) is 3.68. The number of nitrogens with zero attached hydrogens (tertiary/aromatic N) is 4. The highest BCUT2D eigenvalue weighted by molar-refractivity contribution is 5.99. The second-order valence-corrected chi connectivity index (χ2v) is 6.40. The summed E-state index contributed by atoms with van der Waals surface area (Å²) in [7, 11) is 0. The molecule has 2 atom stereocenters. The molecule has 1 amide bonds. The van der Waals surface area contributed by atoms with Gasteiger partial charge in [-0.05, 0) is 31.5 Å². The number of rotatable bonds is 5. The van der Waals surface area contributed by atoms with E-state index in [1.165, 1.54) is 0 Å². The predicted octanol–water partition coefficient (Wildman–Crippen LogP) is 1.44. The summed E-state index contributed by atoms with van der Waals surface area (Å²) >= 11 is 0. The molecule has 3 aromatic rings. The number of hydrogen-bond donors (Lipinski definition) is 1. The third-order valence-electron chi connectivity index (χ3n) is 4.48. The van der Waals surface area contributed by atoms with Crippen molar-refractivity contribution in [3.05, 3.63) is 48.3 Å². The number of amides is 1. The monoisotopic (exact) mass is 355 g/mol. The van der Waals surface area contributed by atoms with Gasteiger partial charge in [0.25, 0.3) is 5.91 Å². The van der Waals surface area contributed by atoms with E-state index in [1.54, 1.807) is 17.2 Å². The van der Waals surface area contributed by atoms with Gasteiger partial charge in [0.15, 0.2) is 11.4 Å². The standard InChI is InChI=1S/C18H21N5O3/c1-3-23-8-13(7-20-23)26-16-10-25-9-14(16)21-18(24)17-15-6-12(2)4-5-22(15)11-19-17/h4-8,11,14,16H,3,9-10H2,1-2H3,(H,21,24)/t14-,16+/m0/s1. The van der Waals surface area contributed by atoms with Crippen LogP contribution in [0.5, 0.6) is 5.75 Å². The van der Waals surface area contributed by atoms with Crippen LogP contribution >= 0.6 is 0 Å². The quantitative estimate of drug-likeness (QED) is 0.749. The van der Waals surface area contributed by atoms with Crippen LogP contribution in [-0.4, -0.2) is 50.4 Å². The van der Waals surface area contributed by atoms with Gasteiger partial charge >= 0.3 is 0 Å². The lowest BCUT2D eigenvalue weighted by atomic mass is 10.2. The average molecular weight is 355 g/mol. The molecule has 8 nitrogen and oxygen atoms in total. The van der Waals surface area contributed by atoms with Crippen LogP contribution in [0, 0.1) is 6.92 Å². The molecule has 0 radical (unpaired) electrons. The molecule has 8 heteroatoms. The van der Waals surface area contributed by atoms with Crippen LogP contribution < -0.4 is 10.1 Å². The first kappa shape index (κ1) is 16.6. The normalized spacial score (nSPS) is 19.8. The molecule has 0 bridgehead atoms. The zero-order valence-electron chi connectivity index (χ0n) is 14.8. The number of carbonyl (C=O) groups excluding carboxylic acids is 1. The van der Waals surface area contributed by atoms with E-state index in [1.807, 2.05) is 42.8 Å². The molecule has 0 aliphatic carbocycles. The maximum Gasteiger partial charge on any atom is 0.272 e. The highest BCUT2D eigenvalue weighted by Gasteiger charge is 2.32. The molecule has 0 aromatic carbocycles. The third kappa shape index (κ3) is 3.15. The van der Waals surface area contributed by atoms with Gasteiger partial charge < -0.3 is 19.2 Å². The number of fused-ring (bicyclic) bond motifs is 1. The summed E-state index contributed by atoms with van der Waals surface area (Å²) in [5.74, 6) is 0.441. The molecule has 0 unspecified atom stereocenters. The van der Waals surface area contributed by atoms with Crippen molar-refractivity contribution in [1.29, 1.82) is 0 Å². The number of ether oxygens (including phenoxy) is 2. The fourth-order valence-electron chi connectivity index (χ4n) is 3.04. The van der Waals surface area contributed by atoms with Gasteiger partial charge in [-0.1, -0.05) is 0 Å². The van der Waals surface area contributed by atoms with E-state index in [2.05, 4.69) is 15.4 Å². The van der Waals surface area contributed by atoms with Gasteiger partial charge in [-0.3, -0.25) is 9.48 Å². The minimum absolute atomic E-state index is 0.230. The largest absolute Gasteiger partial charge is 0.482 e. The molecule has 136 valence electrons. The van der Waals surface area contributed by atoms with Crippen LogP contribution in [0.1, 0.15) is 23.0 Å². The van der Waals surface area contributed by atoms with E-state index < -0.39 is 0 Å². The van der Waals surface area contributed by atoms with Gasteiger partial charge in [-0.15, -0.1) is 0 Å². The number of hydrogen-bond acceptors (Lipinski definition) is 5. The molecule has 1 fully saturated rings. The smallest absolute Gasteiger partial charge is 0.272 e. The van der Waals surface area contributed by atoms with Crippen molar-refractivity contribution >= 4 is 11.4 Å². The number of carbonyl (C=O) groups is 1. The lowest BCUT2D eigenvalue weighted by molar-refractivity contribution is 0.0901. The first-order chi connectivity index (χ1) is 12.6. The number of aryl methyl sites for hydroxylation is 2. The molecule has 26 heavy (non-hydrogen) atoms. The Hall–Kier alpha value is -2.87. The van der Waals surface area contributed by atoms with E-state index in [9.17, 15) is 4.79 Å². The molecule has 1 saturated heterocycles. The van der Waals surface area contributed by atoms with E-state index in [0.29, 0.717) is 24.7 Å². The van der Waals surface area contributed by atoms with Crippen LogP contribution in [0.4, 0.5) is 0 Å². The summed E-state index contributed by atoms with van der Waals surface area (Å²) in [6.07, 6.45) is 6.78. The first-order valence-electron chi connectivity index (χ1n) is 8.65. The molecule has 4 rings (SSSR count). The lowest BCUT2D eigenvalue weighted by Gasteiger charge is -2.19. The fraction of sp³-hybridized carbons (Fsp3) is 0.389. The Morgan fingerprint density at radius 3 is 3.15 bits per heavy atom. The fourth-order valence-corrected chi connectivity index (χ4v) is 3.04. The van der Waals surface area contributed by atoms with Gasteiger partial charge in [-0.25, -0.2) is 4.98 Å². The van der Waals surface area contributed by atoms with Gasteiger partial charge in [0, 0.05) is 12.7 Å². The Morgan fingerprint density at radius 2 is 2.35 bits per heavy atom. The van der Waals surface area contributed by atoms with E-state index in [4.69, 9.17) is 9.47 Å². The Bertz CT molecular complexity index is 932. The van der Waals surface area contributed by atoms with Crippen LogP contribution in [-0.2, 0) is 11.3 Å². The summed E-state index contributed by atoms with van der Waals surface area (Å²) in [5.41, 5.74) is 2.26. The summed E-state index contributed by atoms with van der Waals surface area (Å²) in [4.78, 5) is 17.0. The van der Waals surface area contributed by atoms with Gasteiger partial charge in [0.1, 0.15) is 12.4 Å². The summed E-state index contributed by atoms with van der Waals surface area (Å²) < 4.78 is 15.1. The molecule has 0 saturated carbocycles. The van der Waals surface area contributed by atoms with E-state index in [0.717, 1.165) is 17.6 Å². The van der Waals surface area contributed by atoms with Gasteiger partial charge in [0.05, 0.1) is 37.2 Å². The van der Waals surface area contributed by atoms with Gasteiger partial charge in [0.2, 0.25) is 0 Å². The Labute approximate surface area is 150 Å². The van der Waals surface area contributed by atoms with Crippen LogP contribution in [0.15, 0.2) is 37.1 Å². The summed E-state index contributed by atoms with van der Waals surface area (Å²) in [6.45, 7) is 5.60. The highest BCUT2D eigenvalue weighted by atomic mass is 16.5. The van der Waals surface area contributed by atoms with Crippen molar-refractivity contribution < 1.29 is 14.3 Å². The van der Waals surface area contributed by atoms with Crippen molar-refractivity contribution in [3.63, 3.8) is 0 Å². The van der Waals surface area contributed by atoms with Crippen molar-refractivity contribution in [2.75, 3.05) is 13.2 Å². The van der Waals surface area contributed by atoms with Gasteiger partial charge in [-0.2, -0.15) is 5.10 Å². The zero-order valence-corrected chi connectivity index (χ0v) is 14.8. The SMILES string of the molecule is CCn1cc(O[C@@H]2COC[C@@H]2NC(=O)c2ncn3ccc(C)cc23)cn1. The van der Waals surface area contributed by atoms with Crippen LogP contribution in [0.2, 0.25) is 0 Å². The topological polar surface area (TPSA) is 82.7 Å². The second-order valence-electron chi connectivity index (χ2n) is 6.40. The predicted molar refractivity (Wildman–Crippen MR) is 94.3 cm³/mol. The molecular weight excluding hydrogens is 334 g/mol. The molecule has 1 N–H and O–H groups in total. The summed E-state index contributed by atoms with van der Waals surface area (Å²) in [5, 5.41) is 7.19. The minimum atomic E-state index is -0.260. The van der Waals surface area contributed by atoms with E-state index >= 15 is 0 Å².